The van der Waals surface area contributed by atoms with Crippen molar-refractivity contribution in [2.75, 3.05) is 31.1 Å². The number of fused-ring (bicyclic) bond motifs is 1. The number of aromatic nitrogens is 5. The Labute approximate surface area is 167 Å². The van der Waals surface area contributed by atoms with Gasteiger partial charge in [-0.15, -0.1) is 0 Å². The number of hydrogen-bond acceptors (Lipinski definition) is 6. The summed E-state index contributed by atoms with van der Waals surface area (Å²) in [6.07, 6.45) is 6.20. The fourth-order valence-corrected chi connectivity index (χ4v) is 3.73. The summed E-state index contributed by atoms with van der Waals surface area (Å²) in [5.41, 5.74) is 2.34. The summed E-state index contributed by atoms with van der Waals surface area (Å²) < 4.78 is 9.12. The van der Waals surface area contributed by atoms with Crippen molar-refractivity contribution in [3.63, 3.8) is 0 Å². The van der Waals surface area contributed by atoms with Gasteiger partial charge in [0.1, 0.15) is 11.2 Å². The lowest BCUT2D eigenvalue weighted by atomic mass is 10.2. The Balaban J connectivity index is 1.31. The highest BCUT2D eigenvalue weighted by Crippen LogP contribution is 2.21. The lowest BCUT2D eigenvalue weighted by molar-refractivity contribution is 0.0768. The largest absolute Gasteiger partial charge is 0.337 e. The standard InChI is InChI=1S/C20H21N7O2/c1-24-10-13-27-18(24)16(14-21-27)19(28)25-8-5-9-26(12-11-25)20-22-17(23-29-20)15-6-3-2-4-7-15/h2-4,6-7,10,13-14H,5,8-9,11-12H2,1H3. The summed E-state index contributed by atoms with van der Waals surface area (Å²) in [4.78, 5) is 21.6. The number of nitrogens with zero attached hydrogens (tertiary/aromatic N) is 7. The van der Waals surface area contributed by atoms with Crippen LogP contribution in [0.3, 0.4) is 0 Å². The number of imidazole rings is 1. The molecule has 0 aliphatic carbocycles. The second-order valence-corrected chi connectivity index (χ2v) is 7.13. The molecule has 9 heteroatoms. The van der Waals surface area contributed by atoms with E-state index in [9.17, 15) is 4.79 Å². The fourth-order valence-electron chi connectivity index (χ4n) is 3.73. The zero-order chi connectivity index (χ0) is 19.8. The molecular formula is C20H21N7O2. The molecule has 0 N–H and O–H groups in total. The summed E-state index contributed by atoms with van der Waals surface area (Å²) in [5, 5.41) is 8.38. The maximum absolute atomic E-state index is 13.1. The van der Waals surface area contributed by atoms with Gasteiger partial charge in [-0.25, -0.2) is 4.52 Å². The van der Waals surface area contributed by atoms with E-state index in [4.69, 9.17) is 4.52 Å². The Morgan fingerprint density at radius 2 is 1.93 bits per heavy atom. The van der Waals surface area contributed by atoms with Crippen molar-refractivity contribution in [2.24, 2.45) is 7.05 Å². The van der Waals surface area contributed by atoms with E-state index in [1.54, 1.807) is 10.7 Å². The third-order valence-corrected chi connectivity index (χ3v) is 5.27. The van der Waals surface area contributed by atoms with Gasteiger partial charge in [-0.1, -0.05) is 35.5 Å². The van der Waals surface area contributed by atoms with Gasteiger partial charge in [-0.2, -0.15) is 10.1 Å². The van der Waals surface area contributed by atoms with Gasteiger partial charge in [0.25, 0.3) is 5.91 Å². The predicted octanol–water partition coefficient (Wildman–Crippen LogP) is 2.08. The molecule has 0 atom stereocenters. The topological polar surface area (TPSA) is 84.7 Å². The molecule has 1 aromatic carbocycles. The normalized spacial score (nSPS) is 15.1. The van der Waals surface area contributed by atoms with Crippen molar-refractivity contribution < 1.29 is 9.32 Å². The van der Waals surface area contributed by atoms with Crippen molar-refractivity contribution in [1.82, 2.24) is 29.2 Å². The zero-order valence-electron chi connectivity index (χ0n) is 16.1. The third kappa shape index (κ3) is 3.14. The smallest absolute Gasteiger partial charge is 0.324 e. The molecule has 9 nitrogen and oxygen atoms in total. The van der Waals surface area contributed by atoms with Crippen molar-refractivity contribution in [3.05, 3.63) is 54.5 Å². The maximum Gasteiger partial charge on any atom is 0.324 e. The monoisotopic (exact) mass is 391 g/mol. The van der Waals surface area contributed by atoms with Gasteiger partial charge >= 0.3 is 6.01 Å². The molecule has 148 valence electrons. The van der Waals surface area contributed by atoms with Gasteiger partial charge in [0.05, 0.1) is 6.20 Å². The number of carbonyl (C=O) groups is 1. The van der Waals surface area contributed by atoms with Crippen LogP contribution in [0.15, 0.2) is 53.4 Å². The summed E-state index contributed by atoms with van der Waals surface area (Å²) in [7, 11) is 1.91. The number of amides is 1. The van der Waals surface area contributed by atoms with Crippen LogP contribution in [0.4, 0.5) is 6.01 Å². The van der Waals surface area contributed by atoms with Crippen LogP contribution >= 0.6 is 0 Å². The van der Waals surface area contributed by atoms with Crippen LogP contribution in [0, 0.1) is 0 Å². The highest BCUT2D eigenvalue weighted by atomic mass is 16.5. The highest BCUT2D eigenvalue weighted by molar-refractivity contribution is 5.99. The minimum absolute atomic E-state index is 0.000784. The second kappa shape index (κ2) is 7.08. The molecule has 4 heterocycles. The van der Waals surface area contributed by atoms with E-state index in [-0.39, 0.29) is 5.91 Å². The van der Waals surface area contributed by atoms with Gasteiger partial charge in [0.2, 0.25) is 5.82 Å². The number of rotatable bonds is 3. The molecule has 3 aromatic heterocycles. The van der Waals surface area contributed by atoms with Crippen LogP contribution in [-0.2, 0) is 7.05 Å². The van der Waals surface area contributed by atoms with E-state index in [1.807, 2.05) is 64.1 Å². The van der Waals surface area contributed by atoms with Crippen LogP contribution in [0.1, 0.15) is 16.8 Å². The summed E-state index contributed by atoms with van der Waals surface area (Å²) in [6.45, 7) is 2.66. The number of benzene rings is 1. The molecule has 1 aliphatic rings. The van der Waals surface area contributed by atoms with Crippen molar-refractivity contribution in [1.29, 1.82) is 0 Å². The Hall–Kier alpha value is -3.62. The fraction of sp³-hybridized carbons (Fsp3) is 0.300. The average molecular weight is 391 g/mol. The molecule has 0 bridgehead atoms. The molecule has 1 fully saturated rings. The number of aryl methyl sites for hydroxylation is 1. The highest BCUT2D eigenvalue weighted by Gasteiger charge is 2.25. The molecule has 4 aromatic rings. The summed E-state index contributed by atoms with van der Waals surface area (Å²) in [6, 6.07) is 10.2. The molecule has 0 unspecified atom stereocenters. The summed E-state index contributed by atoms with van der Waals surface area (Å²) >= 11 is 0. The van der Waals surface area contributed by atoms with E-state index < -0.39 is 0 Å². The Morgan fingerprint density at radius 3 is 2.79 bits per heavy atom. The number of anilines is 1. The van der Waals surface area contributed by atoms with E-state index >= 15 is 0 Å². The van der Waals surface area contributed by atoms with Crippen LogP contribution in [-0.4, -0.2) is 61.3 Å². The molecule has 0 saturated carbocycles. The predicted molar refractivity (Wildman–Crippen MR) is 107 cm³/mol. The first-order valence-electron chi connectivity index (χ1n) is 9.63. The average Bonchev–Trinajstić information content (AvgIpc) is 3.43. The maximum atomic E-state index is 13.1. The van der Waals surface area contributed by atoms with Gasteiger partial charge in [0.15, 0.2) is 0 Å². The molecule has 1 aliphatic heterocycles. The lowest BCUT2D eigenvalue weighted by Crippen LogP contribution is -2.35. The van der Waals surface area contributed by atoms with Gasteiger partial charge in [-0.3, -0.25) is 4.79 Å². The Bertz CT molecular complexity index is 1140. The minimum atomic E-state index is -0.000784. The van der Waals surface area contributed by atoms with Crippen molar-refractivity contribution in [2.45, 2.75) is 6.42 Å². The molecule has 1 saturated heterocycles. The zero-order valence-corrected chi connectivity index (χ0v) is 16.1. The lowest BCUT2D eigenvalue weighted by Gasteiger charge is -2.20. The van der Waals surface area contributed by atoms with E-state index in [0.717, 1.165) is 24.2 Å². The molecule has 1 amide bonds. The van der Waals surface area contributed by atoms with Gasteiger partial charge in [-0.05, 0) is 6.42 Å². The van der Waals surface area contributed by atoms with Crippen LogP contribution in [0.25, 0.3) is 17.0 Å². The first-order valence-corrected chi connectivity index (χ1v) is 9.63. The van der Waals surface area contributed by atoms with Crippen LogP contribution in [0.5, 0.6) is 0 Å². The van der Waals surface area contributed by atoms with Crippen LogP contribution in [0.2, 0.25) is 0 Å². The molecule has 5 rings (SSSR count). The SMILES string of the molecule is Cn1ccn2ncc(C(=O)N3CCCN(c4nc(-c5ccccc5)no4)CC3)c12. The minimum Gasteiger partial charge on any atom is -0.337 e. The molecule has 0 spiro atoms. The van der Waals surface area contributed by atoms with Gasteiger partial charge < -0.3 is 18.9 Å². The Kier molecular flexibility index (Phi) is 4.27. The molecular weight excluding hydrogens is 370 g/mol. The first-order chi connectivity index (χ1) is 14.2. The first kappa shape index (κ1) is 17.5. The van der Waals surface area contributed by atoms with Crippen molar-refractivity contribution >= 4 is 17.6 Å². The van der Waals surface area contributed by atoms with Crippen LogP contribution < -0.4 is 4.90 Å². The molecule has 0 radical (unpaired) electrons. The van der Waals surface area contributed by atoms with E-state index in [2.05, 4.69) is 15.2 Å². The second-order valence-electron chi connectivity index (χ2n) is 7.13. The van der Waals surface area contributed by atoms with E-state index in [0.29, 0.717) is 37.0 Å². The Morgan fingerprint density at radius 1 is 1.07 bits per heavy atom. The van der Waals surface area contributed by atoms with E-state index in [1.165, 1.54) is 0 Å². The summed E-state index contributed by atoms with van der Waals surface area (Å²) in [5.74, 6) is 0.572. The quantitative estimate of drug-likeness (QED) is 0.532. The van der Waals surface area contributed by atoms with Crippen molar-refractivity contribution in [3.8, 4) is 11.4 Å². The molecule has 29 heavy (non-hydrogen) atoms. The third-order valence-electron chi connectivity index (χ3n) is 5.27. The van der Waals surface area contributed by atoms with Gasteiger partial charge in [0, 0.05) is 51.2 Å². The number of carbonyl (C=O) groups excluding carboxylic acids is 1. The number of hydrogen-bond donors (Lipinski definition) is 0.